The fraction of sp³-hybridized carbons (Fsp3) is 0.316. The predicted molar refractivity (Wildman–Crippen MR) is 97.7 cm³/mol. The molecule has 1 N–H and O–H groups in total. The fourth-order valence-corrected chi connectivity index (χ4v) is 2.95. The molecule has 1 aliphatic heterocycles. The average molecular weight is 338 g/mol. The van der Waals surface area contributed by atoms with Crippen molar-refractivity contribution in [2.75, 3.05) is 25.5 Å². The van der Waals surface area contributed by atoms with Crippen LogP contribution >= 0.6 is 0 Å². The van der Waals surface area contributed by atoms with E-state index in [4.69, 9.17) is 4.74 Å². The SMILES string of the molecule is COc1ccnnc1NC(=O)N1CC=C(c2cccc(C)c2C)CC1. The predicted octanol–water partition coefficient (Wildman–Crippen LogP) is 3.42. The molecule has 1 aromatic carbocycles. The number of hydrogen-bond acceptors (Lipinski definition) is 4. The van der Waals surface area contributed by atoms with Gasteiger partial charge in [0.15, 0.2) is 11.6 Å². The molecule has 0 saturated heterocycles. The van der Waals surface area contributed by atoms with Gasteiger partial charge in [0.05, 0.1) is 13.3 Å². The Labute approximate surface area is 147 Å². The van der Waals surface area contributed by atoms with Gasteiger partial charge in [-0.3, -0.25) is 5.32 Å². The van der Waals surface area contributed by atoms with Gasteiger partial charge in [0, 0.05) is 19.2 Å². The van der Waals surface area contributed by atoms with E-state index < -0.39 is 0 Å². The number of hydrogen-bond donors (Lipinski definition) is 1. The van der Waals surface area contributed by atoms with Gasteiger partial charge in [-0.15, -0.1) is 5.10 Å². The summed E-state index contributed by atoms with van der Waals surface area (Å²) in [6.07, 6.45) is 4.47. The molecular formula is C19H22N4O2. The number of nitrogens with zero attached hydrogens (tertiary/aromatic N) is 3. The van der Waals surface area contributed by atoms with Crippen molar-refractivity contribution in [2.24, 2.45) is 0 Å². The molecule has 2 amide bonds. The molecule has 0 aliphatic carbocycles. The molecule has 0 spiro atoms. The number of benzene rings is 1. The maximum Gasteiger partial charge on any atom is 0.323 e. The Kier molecular flexibility index (Phi) is 4.97. The summed E-state index contributed by atoms with van der Waals surface area (Å²) in [5.74, 6) is 0.825. The highest BCUT2D eigenvalue weighted by atomic mass is 16.5. The van der Waals surface area contributed by atoms with E-state index >= 15 is 0 Å². The number of amides is 2. The molecule has 6 nitrogen and oxygen atoms in total. The highest BCUT2D eigenvalue weighted by Crippen LogP contribution is 2.27. The number of rotatable bonds is 3. The third-order valence-electron chi connectivity index (χ3n) is 4.58. The number of methoxy groups -OCH3 is 1. The van der Waals surface area contributed by atoms with Crippen LogP contribution in [0.3, 0.4) is 0 Å². The smallest absolute Gasteiger partial charge is 0.323 e. The molecule has 0 fully saturated rings. The second kappa shape index (κ2) is 7.34. The number of anilines is 1. The van der Waals surface area contributed by atoms with Crippen LogP contribution in [-0.2, 0) is 0 Å². The van der Waals surface area contributed by atoms with Crippen molar-refractivity contribution in [3.8, 4) is 5.75 Å². The van der Waals surface area contributed by atoms with E-state index in [0.717, 1.165) is 6.42 Å². The molecule has 3 rings (SSSR count). The highest BCUT2D eigenvalue weighted by molar-refractivity contribution is 5.90. The number of nitrogens with one attached hydrogen (secondary N) is 1. The summed E-state index contributed by atoms with van der Waals surface area (Å²) in [7, 11) is 1.53. The molecule has 0 bridgehead atoms. The summed E-state index contributed by atoms with van der Waals surface area (Å²) < 4.78 is 5.19. The number of ether oxygens (including phenoxy) is 1. The van der Waals surface area contributed by atoms with Crippen LogP contribution in [0.2, 0.25) is 0 Å². The Morgan fingerprint density at radius 1 is 1.28 bits per heavy atom. The van der Waals surface area contributed by atoms with E-state index in [2.05, 4.69) is 53.6 Å². The molecule has 130 valence electrons. The number of carbonyl (C=O) groups excluding carboxylic acids is 1. The highest BCUT2D eigenvalue weighted by Gasteiger charge is 2.20. The largest absolute Gasteiger partial charge is 0.493 e. The number of aromatic nitrogens is 2. The second-order valence-electron chi connectivity index (χ2n) is 6.05. The van der Waals surface area contributed by atoms with Gasteiger partial charge in [-0.2, -0.15) is 5.10 Å². The molecule has 0 radical (unpaired) electrons. The molecule has 2 aromatic rings. The van der Waals surface area contributed by atoms with Crippen molar-refractivity contribution in [1.82, 2.24) is 15.1 Å². The van der Waals surface area contributed by atoms with Crippen molar-refractivity contribution in [1.29, 1.82) is 0 Å². The van der Waals surface area contributed by atoms with Gasteiger partial charge in [0.2, 0.25) is 0 Å². The molecule has 1 aromatic heterocycles. The summed E-state index contributed by atoms with van der Waals surface area (Å²) >= 11 is 0. The molecule has 6 heteroatoms. The van der Waals surface area contributed by atoms with Crippen LogP contribution in [0, 0.1) is 13.8 Å². The van der Waals surface area contributed by atoms with Crippen molar-refractivity contribution >= 4 is 17.4 Å². The third-order valence-corrected chi connectivity index (χ3v) is 4.58. The summed E-state index contributed by atoms with van der Waals surface area (Å²) in [6.45, 7) is 5.49. The zero-order chi connectivity index (χ0) is 17.8. The van der Waals surface area contributed by atoms with Crippen molar-refractivity contribution in [3.63, 3.8) is 0 Å². The Balaban J connectivity index is 1.70. The normalized spacial score (nSPS) is 14.0. The second-order valence-corrected chi connectivity index (χ2v) is 6.05. The first kappa shape index (κ1) is 17.0. The van der Waals surface area contributed by atoms with E-state index in [1.54, 1.807) is 11.0 Å². The van der Waals surface area contributed by atoms with E-state index in [0.29, 0.717) is 24.7 Å². The summed E-state index contributed by atoms with van der Waals surface area (Å²) in [5, 5.41) is 10.5. The van der Waals surface area contributed by atoms with Gasteiger partial charge in [0.1, 0.15) is 0 Å². The van der Waals surface area contributed by atoms with Crippen LogP contribution in [-0.4, -0.2) is 41.3 Å². The third kappa shape index (κ3) is 3.63. The minimum atomic E-state index is -0.199. The van der Waals surface area contributed by atoms with Gasteiger partial charge in [0.25, 0.3) is 0 Å². The van der Waals surface area contributed by atoms with Crippen molar-refractivity contribution in [2.45, 2.75) is 20.3 Å². The van der Waals surface area contributed by atoms with Gasteiger partial charge in [-0.25, -0.2) is 4.79 Å². The lowest BCUT2D eigenvalue weighted by molar-refractivity contribution is 0.216. The first-order chi connectivity index (χ1) is 12.1. The lowest BCUT2D eigenvalue weighted by Crippen LogP contribution is -2.38. The quantitative estimate of drug-likeness (QED) is 0.931. The Morgan fingerprint density at radius 2 is 2.12 bits per heavy atom. The summed E-state index contributed by atoms with van der Waals surface area (Å²) in [6, 6.07) is 7.81. The zero-order valence-electron chi connectivity index (χ0n) is 14.7. The number of carbonyl (C=O) groups is 1. The molecular weight excluding hydrogens is 316 g/mol. The van der Waals surface area contributed by atoms with Gasteiger partial charge >= 0.3 is 6.03 Å². The molecule has 2 heterocycles. The van der Waals surface area contributed by atoms with Crippen LogP contribution in [0.15, 0.2) is 36.5 Å². The molecule has 0 saturated carbocycles. The number of urea groups is 1. The molecule has 25 heavy (non-hydrogen) atoms. The van der Waals surface area contributed by atoms with Gasteiger partial charge < -0.3 is 9.64 Å². The molecule has 1 aliphatic rings. The van der Waals surface area contributed by atoms with E-state index in [9.17, 15) is 4.79 Å². The zero-order valence-corrected chi connectivity index (χ0v) is 14.7. The number of aryl methyl sites for hydroxylation is 1. The minimum Gasteiger partial charge on any atom is -0.493 e. The Hall–Kier alpha value is -2.89. The van der Waals surface area contributed by atoms with Crippen molar-refractivity contribution < 1.29 is 9.53 Å². The maximum atomic E-state index is 12.5. The van der Waals surface area contributed by atoms with E-state index in [1.165, 1.54) is 35.6 Å². The lowest BCUT2D eigenvalue weighted by atomic mass is 9.93. The van der Waals surface area contributed by atoms with E-state index in [-0.39, 0.29) is 6.03 Å². The summed E-state index contributed by atoms with van der Waals surface area (Å²) in [4.78, 5) is 14.2. The Bertz CT molecular complexity index is 817. The standard InChI is InChI=1S/C19H22N4O2/c1-13-5-4-6-16(14(13)2)15-8-11-23(12-9-15)19(24)21-18-17(25-3)7-10-20-22-18/h4-8,10H,9,11-12H2,1-3H3,(H,21,22,24). The molecule has 0 atom stereocenters. The summed E-state index contributed by atoms with van der Waals surface area (Å²) in [5.41, 5.74) is 5.15. The first-order valence-corrected chi connectivity index (χ1v) is 8.27. The Morgan fingerprint density at radius 3 is 2.84 bits per heavy atom. The van der Waals surface area contributed by atoms with Crippen LogP contribution in [0.4, 0.5) is 10.6 Å². The van der Waals surface area contributed by atoms with Crippen LogP contribution in [0.25, 0.3) is 5.57 Å². The van der Waals surface area contributed by atoms with Crippen LogP contribution < -0.4 is 10.1 Å². The van der Waals surface area contributed by atoms with Gasteiger partial charge in [-0.05, 0) is 42.5 Å². The first-order valence-electron chi connectivity index (χ1n) is 8.27. The minimum absolute atomic E-state index is 0.199. The lowest BCUT2D eigenvalue weighted by Gasteiger charge is -2.27. The maximum absolute atomic E-state index is 12.5. The van der Waals surface area contributed by atoms with E-state index in [1.807, 2.05) is 0 Å². The van der Waals surface area contributed by atoms with Gasteiger partial charge in [-0.1, -0.05) is 24.3 Å². The average Bonchev–Trinajstić information content (AvgIpc) is 2.64. The van der Waals surface area contributed by atoms with Crippen LogP contribution in [0.5, 0.6) is 5.75 Å². The topological polar surface area (TPSA) is 67.4 Å². The fourth-order valence-electron chi connectivity index (χ4n) is 2.95. The van der Waals surface area contributed by atoms with Crippen molar-refractivity contribution in [3.05, 3.63) is 53.2 Å². The van der Waals surface area contributed by atoms with Crippen LogP contribution in [0.1, 0.15) is 23.1 Å². The monoisotopic (exact) mass is 338 g/mol. The molecule has 0 unspecified atom stereocenters.